The number of hydrogen-bond donors (Lipinski definition) is 1. The number of benzene rings is 5. The highest BCUT2D eigenvalue weighted by atomic mass is 79.9. The molecule has 0 bridgehead atoms. The van der Waals surface area contributed by atoms with Crippen molar-refractivity contribution in [3.05, 3.63) is 152 Å². The standard InChI is InChI=1S/C41H40Br2O/c1-3-4-5-6-7-12-27-40(2)37-15-10-9-14-35(37)36-26-17-29(28-39(36)40)34-13-8-11-16-38(34)41(44,30-18-22-32(42)23-19-30)31-20-24-33(43)25-21-31/h8-11,13-26,28,44H,3-7,12,27H2,1-2H3. The summed E-state index contributed by atoms with van der Waals surface area (Å²) in [4.78, 5) is 0. The van der Waals surface area contributed by atoms with Gasteiger partial charge in [-0.1, -0.05) is 169 Å². The van der Waals surface area contributed by atoms with Crippen molar-refractivity contribution < 1.29 is 5.11 Å². The molecule has 0 fully saturated rings. The predicted molar refractivity (Wildman–Crippen MR) is 192 cm³/mol. The molecular weight excluding hydrogens is 668 g/mol. The van der Waals surface area contributed by atoms with Crippen molar-refractivity contribution in [3.8, 4) is 22.3 Å². The third-order valence-corrected chi connectivity index (χ3v) is 10.7. The molecule has 224 valence electrons. The summed E-state index contributed by atoms with van der Waals surface area (Å²) in [5, 5.41) is 12.9. The fraction of sp³-hybridized carbons (Fsp3) is 0.268. The van der Waals surface area contributed by atoms with Gasteiger partial charge in [-0.05, 0) is 81.3 Å². The molecule has 5 aromatic rings. The van der Waals surface area contributed by atoms with Gasteiger partial charge in [-0.25, -0.2) is 0 Å². The lowest BCUT2D eigenvalue weighted by molar-refractivity contribution is 0.126. The van der Waals surface area contributed by atoms with Crippen LogP contribution in [0.15, 0.2) is 124 Å². The second-order valence-corrected chi connectivity index (χ2v) is 14.3. The Morgan fingerprint density at radius 2 is 1.14 bits per heavy atom. The maximum Gasteiger partial charge on any atom is 0.141 e. The van der Waals surface area contributed by atoms with E-state index in [0.29, 0.717) is 0 Å². The van der Waals surface area contributed by atoms with Crippen molar-refractivity contribution in [2.45, 2.75) is 69.8 Å². The summed E-state index contributed by atoms with van der Waals surface area (Å²) in [5.74, 6) is 0. The van der Waals surface area contributed by atoms with Crippen LogP contribution in [0.4, 0.5) is 0 Å². The van der Waals surface area contributed by atoms with Gasteiger partial charge in [0.05, 0.1) is 0 Å². The summed E-state index contributed by atoms with van der Waals surface area (Å²) >= 11 is 7.16. The Morgan fingerprint density at radius 1 is 0.591 bits per heavy atom. The highest BCUT2D eigenvalue weighted by Gasteiger charge is 2.40. The summed E-state index contributed by atoms with van der Waals surface area (Å²) < 4.78 is 1.96. The highest BCUT2D eigenvalue weighted by molar-refractivity contribution is 9.10. The first kappa shape index (κ1) is 31.0. The van der Waals surface area contributed by atoms with Crippen molar-refractivity contribution in [2.75, 3.05) is 0 Å². The molecule has 1 N–H and O–H groups in total. The first-order chi connectivity index (χ1) is 21.4. The number of halogens is 2. The molecule has 0 aliphatic heterocycles. The third-order valence-electron chi connectivity index (χ3n) is 9.61. The second-order valence-electron chi connectivity index (χ2n) is 12.4. The molecule has 3 heteroatoms. The monoisotopic (exact) mass is 706 g/mol. The van der Waals surface area contributed by atoms with Gasteiger partial charge in [0, 0.05) is 19.9 Å². The molecule has 1 unspecified atom stereocenters. The minimum atomic E-state index is -1.35. The van der Waals surface area contributed by atoms with Gasteiger partial charge in [-0.2, -0.15) is 0 Å². The smallest absolute Gasteiger partial charge is 0.141 e. The summed E-state index contributed by atoms with van der Waals surface area (Å²) in [7, 11) is 0. The zero-order chi connectivity index (χ0) is 30.7. The van der Waals surface area contributed by atoms with E-state index in [-0.39, 0.29) is 5.41 Å². The minimum Gasteiger partial charge on any atom is -0.376 e. The zero-order valence-electron chi connectivity index (χ0n) is 25.6. The van der Waals surface area contributed by atoms with Gasteiger partial charge in [0.15, 0.2) is 0 Å². The van der Waals surface area contributed by atoms with Crippen LogP contribution in [0.25, 0.3) is 22.3 Å². The average molecular weight is 709 g/mol. The fourth-order valence-corrected chi connectivity index (χ4v) is 7.71. The van der Waals surface area contributed by atoms with E-state index < -0.39 is 5.60 Å². The number of aliphatic hydroxyl groups is 1. The number of hydrogen-bond acceptors (Lipinski definition) is 1. The van der Waals surface area contributed by atoms with E-state index in [2.05, 4.69) is 106 Å². The maximum atomic E-state index is 12.9. The zero-order valence-corrected chi connectivity index (χ0v) is 28.8. The van der Waals surface area contributed by atoms with Gasteiger partial charge in [0.1, 0.15) is 5.60 Å². The molecular formula is C41H40Br2O. The Labute approximate surface area is 279 Å². The van der Waals surface area contributed by atoms with Crippen LogP contribution in [0.2, 0.25) is 0 Å². The van der Waals surface area contributed by atoms with Crippen LogP contribution < -0.4 is 0 Å². The average Bonchev–Trinajstić information content (AvgIpc) is 3.30. The first-order valence-electron chi connectivity index (χ1n) is 15.9. The van der Waals surface area contributed by atoms with Crippen molar-refractivity contribution in [2.24, 2.45) is 0 Å². The van der Waals surface area contributed by atoms with Gasteiger partial charge >= 0.3 is 0 Å². The van der Waals surface area contributed by atoms with Crippen molar-refractivity contribution in [1.29, 1.82) is 0 Å². The van der Waals surface area contributed by atoms with E-state index >= 15 is 0 Å². The SMILES string of the molecule is CCCCCCCCC1(C)c2ccccc2-c2ccc(-c3ccccc3C(O)(c3ccc(Br)cc3)c3ccc(Br)cc3)cc21. The second kappa shape index (κ2) is 13.2. The largest absolute Gasteiger partial charge is 0.376 e. The Morgan fingerprint density at radius 3 is 1.80 bits per heavy atom. The van der Waals surface area contributed by atoms with Crippen LogP contribution in [0.5, 0.6) is 0 Å². The molecule has 0 radical (unpaired) electrons. The first-order valence-corrected chi connectivity index (χ1v) is 17.5. The Balaban J connectivity index is 1.46. The highest BCUT2D eigenvalue weighted by Crippen LogP contribution is 2.53. The quantitative estimate of drug-likeness (QED) is 0.107. The maximum absolute atomic E-state index is 12.9. The third kappa shape index (κ3) is 5.75. The predicted octanol–water partition coefficient (Wildman–Crippen LogP) is 12.2. The molecule has 0 saturated carbocycles. The van der Waals surface area contributed by atoms with E-state index in [4.69, 9.17) is 0 Å². The topological polar surface area (TPSA) is 20.2 Å². The van der Waals surface area contributed by atoms with Crippen LogP contribution >= 0.6 is 31.9 Å². The van der Waals surface area contributed by atoms with Crippen LogP contribution in [0.3, 0.4) is 0 Å². The number of fused-ring (bicyclic) bond motifs is 3. The summed E-state index contributed by atoms with van der Waals surface area (Å²) in [6.45, 7) is 4.72. The van der Waals surface area contributed by atoms with Gasteiger partial charge in [0.2, 0.25) is 0 Å². The van der Waals surface area contributed by atoms with E-state index in [1.807, 2.05) is 54.6 Å². The number of unbranched alkanes of at least 4 members (excludes halogenated alkanes) is 5. The van der Waals surface area contributed by atoms with Crippen molar-refractivity contribution >= 4 is 31.9 Å². The van der Waals surface area contributed by atoms with Crippen LogP contribution in [0.1, 0.15) is 86.6 Å². The van der Waals surface area contributed by atoms with Gasteiger partial charge in [-0.15, -0.1) is 0 Å². The molecule has 5 aromatic carbocycles. The molecule has 1 atom stereocenters. The van der Waals surface area contributed by atoms with Crippen LogP contribution in [-0.2, 0) is 11.0 Å². The normalized spacial score (nSPS) is 15.7. The van der Waals surface area contributed by atoms with Crippen molar-refractivity contribution in [1.82, 2.24) is 0 Å². The molecule has 44 heavy (non-hydrogen) atoms. The van der Waals surface area contributed by atoms with E-state index in [9.17, 15) is 5.11 Å². The molecule has 0 amide bonds. The van der Waals surface area contributed by atoms with Crippen LogP contribution in [-0.4, -0.2) is 5.11 Å². The lowest BCUT2D eigenvalue weighted by atomic mass is 9.74. The lowest BCUT2D eigenvalue weighted by Crippen LogP contribution is -2.29. The van der Waals surface area contributed by atoms with E-state index in [1.165, 1.54) is 60.8 Å². The van der Waals surface area contributed by atoms with Gasteiger partial charge in [0.25, 0.3) is 0 Å². The molecule has 6 rings (SSSR count). The van der Waals surface area contributed by atoms with Gasteiger partial charge in [-0.3, -0.25) is 0 Å². The Bertz CT molecular complexity index is 1690. The molecule has 0 heterocycles. The van der Waals surface area contributed by atoms with Gasteiger partial charge < -0.3 is 5.11 Å². The molecule has 1 aliphatic rings. The van der Waals surface area contributed by atoms with Crippen molar-refractivity contribution in [3.63, 3.8) is 0 Å². The molecule has 0 aromatic heterocycles. The molecule has 0 saturated heterocycles. The van der Waals surface area contributed by atoms with E-state index in [1.54, 1.807) is 0 Å². The van der Waals surface area contributed by atoms with Crippen LogP contribution in [0, 0.1) is 0 Å². The minimum absolute atomic E-state index is 0.0463. The summed E-state index contributed by atoms with van der Waals surface area (Å²) in [6, 6.07) is 40.4. The Hall–Kier alpha value is -2.98. The fourth-order valence-electron chi connectivity index (χ4n) is 7.19. The Kier molecular flexibility index (Phi) is 9.29. The number of rotatable bonds is 11. The lowest BCUT2D eigenvalue weighted by Gasteiger charge is -2.33. The summed E-state index contributed by atoms with van der Waals surface area (Å²) in [5.41, 5.74) is 8.85. The molecule has 1 nitrogen and oxygen atoms in total. The molecule has 1 aliphatic carbocycles. The van der Waals surface area contributed by atoms with E-state index in [0.717, 1.165) is 43.2 Å². The summed E-state index contributed by atoms with van der Waals surface area (Å²) in [6.07, 6.45) is 8.90. The molecule has 0 spiro atoms.